The third-order valence-corrected chi connectivity index (χ3v) is 2.62. The Morgan fingerprint density at radius 3 is 2.79 bits per heavy atom. The van der Waals surface area contributed by atoms with Crippen molar-refractivity contribution in [1.29, 1.82) is 0 Å². The van der Waals surface area contributed by atoms with Gasteiger partial charge in [0, 0.05) is 0 Å². The van der Waals surface area contributed by atoms with Crippen LogP contribution in [0.1, 0.15) is 5.56 Å². The smallest absolute Gasteiger partial charge is 0.141 e. The average Bonchev–Trinajstić information content (AvgIpc) is 2.48. The molecule has 0 spiro atoms. The van der Waals surface area contributed by atoms with Gasteiger partial charge in [-0.05, 0) is 40.5 Å². The molecule has 0 unspecified atom stereocenters. The Labute approximate surface area is 90.7 Å². The van der Waals surface area contributed by atoms with Crippen molar-refractivity contribution in [3.05, 3.63) is 40.5 Å². The first-order chi connectivity index (χ1) is 6.68. The van der Waals surface area contributed by atoms with Crippen molar-refractivity contribution >= 4 is 21.7 Å². The summed E-state index contributed by atoms with van der Waals surface area (Å²) in [5.74, 6) is 0.621. The summed E-state index contributed by atoms with van der Waals surface area (Å²) in [5, 5.41) is 4.17. The molecule has 1 aromatic carbocycles. The highest BCUT2D eigenvalue weighted by atomic mass is 79.9. The van der Waals surface area contributed by atoms with Gasteiger partial charge in [-0.3, -0.25) is 0 Å². The number of nitrogens with two attached hydrogens (primary N) is 1. The molecule has 0 bridgehead atoms. The van der Waals surface area contributed by atoms with Crippen LogP contribution in [0, 0.1) is 6.92 Å². The van der Waals surface area contributed by atoms with Crippen molar-refractivity contribution in [1.82, 2.24) is 9.78 Å². The standard InChI is InChI=1S/C10H10BrN3/c1-7-3-2-4-8(5-7)14-10(12)9(11)6-13-14/h2-6H,12H2,1H3. The maximum Gasteiger partial charge on any atom is 0.141 e. The Kier molecular flexibility index (Phi) is 2.29. The van der Waals surface area contributed by atoms with Crippen LogP contribution < -0.4 is 5.73 Å². The Bertz CT molecular complexity index is 462. The van der Waals surface area contributed by atoms with Crippen LogP contribution in [0.4, 0.5) is 5.82 Å². The van der Waals surface area contributed by atoms with Gasteiger partial charge in [0.05, 0.1) is 16.4 Å². The summed E-state index contributed by atoms with van der Waals surface area (Å²) >= 11 is 3.32. The third kappa shape index (κ3) is 1.53. The molecule has 72 valence electrons. The number of halogens is 1. The maximum absolute atomic E-state index is 5.84. The first-order valence-corrected chi connectivity index (χ1v) is 5.04. The molecule has 0 fully saturated rings. The zero-order chi connectivity index (χ0) is 10.1. The number of nitrogen functional groups attached to an aromatic ring is 1. The van der Waals surface area contributed by atoms with Gasteiger partial charge in [-0.25, -0.2) is 4.68 Å². The third-order valence-electron chi connectivity index (χ3n) is 2.01. The quantitative estimate of drug-likeness (QED) is 0.847. The molecule has 0 aliphatic rings. The van der Waals surface area contributed by atoms with Crippen LogP contribution in [0.15, 0.2) is 34.9 Å². The number of aryl methyl sites for hydroxylation is 1. The SMILES string of the molecule is Cc1cccc(-n2ncc(Br)c2N)c1. The molecule has 1 aromatic heterocycles. The molecule has 1 heterocycles. The summed E-state index contributed by atoms with van der Waals surface area (Å²) in [7, 11) is 0. The predicted octanol–water partition coefficient (Wildman–Crippen LogP) is 2.53. The number of rotatable bonds is 1. The fraction of sp³-hybridized carbons (Fsp3) is 0.100. The molecule has 4 heteroatoms. The highest BCUT2D eigenvalue weighted by Crippen LogP contribution is 2.21. The van der Waals surface area contributed by atoms with E-state index in [2.05, 4.69) is 21.0 Å². The molecule has 2 N–H and O–H groups in total. The number of anilines is 1. The van der Waals surface area contributed by atoms with Crippen molar-refractivity contribution in [2.45, 2.75) is 6.92 Å². The van der Waals surface area contributed by atoms with E-state index in [9.17, 15) is 0 Å². The second kappa shape index (κ2) is 3.46. The molecule has 0 aliphatic carbocycles. The molecule has 3 nitrogen and oxygen atoms in total. The molecule has 2 rings (SSSR count). The van der Waals surface area contributed by atoms with Crippen LogP contribution in [0.3, 0.4) is 0 Å². The lowest BCUT2D eigenvalue weighted by Gasteiger charge is -2.04. The number of hydrogen-bond donors (Lipinski definition) is 1. The summed E-state index contributed by atoms with van der Waals surface area (Å²) in [6.45, 7) is 2.04. The molecule has 0 aliphatic heterocycles. The summed E-state index contributed by atoms with van der Waals surface area (Å²) in [6, 6.07) is 8.04. The number of benzene rings is 1. The van der Waals surface area contributed by atoms with Gasteiger partial charge in [0.25, 0.3) is 0 Å². The van der Waals surface area contributed by atoms with E-state index in [1.165, 1.54) is 5.56 Å². The molecule has 0 radical (unpaired) electrons. The fourth-order valence-electron chi connectivity index (χ4n) is 1.30. The summed E-state index contributed by atoms with van der Waals surface area (Å²) in [5.41, 5.74) is 8.01. The van der Waals surface area contributed by atoms with Crippen molar-refractivity contribution in [2.75, 3.05) is 5.73 Å². The molecule has 2 aromatic rings. The Balaban J connectivity index is 2.55. The monoisotopic (exact) mass is 251 g/mol. The number of aromatic nitrogens is 2. The normalized spacial score (nSPS) is 10.4. The van der Waals surface area contributed by atoms with Gasteiger partial charge in [0.15, 0.2) is 0 Å². The average molecular weight is 252 g/mol. The second-order valence-corrected chi connectivity index (χ2v) is 3.98. The van der Waals surface area contributed by atoms with E-state index in [0.29, 0.717) is 5.82 Å². The minimum Gasteiger partial charge on any atom is -0.383 e. The first-order valence-electron chi connectivity index (χ1n) is 4.24. The van der Waals surface area contributed by atoms with E-state index < -0.39 is 0 Å². The van der Waals surface area contributed by atoms with E-state index >= 15 is 0 Å². The van der Waals surface area contributed by atoms with Crippen LogP contribution in [0.2, 0.25) is 0 Å². The van der Waals surface area contributed by atoms with Crippen molar-refractivity contribution < 1.29 is 0 Å². The molecule has 0 saturated heterocycles. The highest BCUT2D eigenvalue weighted by Gasteiger charge is 2.05. The Hall–Kier alpha value is -1.29. The summed E-state index contributed by atoms with van der Waals surface area (Å²) in [6.07, 6.45) is 1.69. The lowest BCUT2D eigenvalue weighted by molar-refractivity contribution is 0.890. The van der Waals surface area contributed by atoms with E-state index in [4.69, 9.17) is 5.73 Å². The molecule has 0 saturated carbocycles. The van der Waals surface area contributed by atoms with Gasteiger partial charge in [-0.15, -0.1) is 0 Å². The summed E-state index contributed by atoms with van der Waals surface area (Å²) in [4.78, 5) is 0. The van der Waals surface area contributed by atoms with Gasteiger partial charge >= 0.3 is 0 Å². The second-order valence-electron chi connectivity index (χ2n) is 3.13. The molecular weight excluding hydrogens is 242 g/mol. The van der Waals surface area contributed by atoms with Crippen molar-refractivity contribution in [2.24, 2.45) is 0 Å². The van der Waals surface area contributed by atoms with Gasteiger partial charge in [0.1, 0.15) is 5.82 Å². The van der Waals surface area contributed by atoms with Gasteiger partial charge in [0.2, 0.25) is 0 Å². The van der Waals surface area contributed by atoms with E-state index in [0.717, 1.165) is 10.2 Å². The molecule has 0 amide bonds. The molecular formula is C10H10BrN3. The fourth-order valence-corrected chi connectivity index (χ4v) is 1.56. The highest BCUT2D eigenvalue weighted by molar-refractivity contribution is 9.10. The maximum atomic E-state index is 5.84. The van der Waals surface area contributed by atoms with E-state index in [1.807, 2.05) is 31.2 Å². The Morgan fingerprint density at radius 2 is 2.21 bits per heavy atom. The van der Waals surface area contributed by atoms with E-state index in [-0.39, 0.29) is 0 Å². The van der Waals surface area contributed by atoms with Crippen LogP contribution in [0.5, 0.6) is 0 Å². The van der Waals surface area contributed by atoms with E-state index in [1.54, 1.807) is 10.9 Å². The lowest BCUT2D eigenvalue weighted by atomic mass is 10.2. The zero-order valence-corrected chi connectivity index (χ0v) is 9.32. The topological polar surface area (TPSA) is 43.8 Å². The van der Waals surface area contributed by atoms with Gasteiger partial charge in [-0.2, -0.15) is 5.10 Å². The summed E-state index contributed by atoms with van der Waals surface area (Å²) < 4.78 is 2.52. The molecule has 0 atom stereocenters. The first kappa shape index (κ1) is 9.27. The van der Waals surface area contributed by atoms with Crippen LogP contribution in [-0.4, -0.2) is 9.78 Å². The number of nitrogens with zero attached hydrogens (tertiary/aromatic N) is 2. The molecule has 14 heavy (non-hydrogen) atoms. The predicted molar refractivity (Wildman–Crippen MR) is 60.4 cm³/mol. The Morgan fingerprint density at radius 1 is 1.43 bits per heavy atom. The van der Waals surface area contributed by atoms with Crippen LogP contribution in [0.25, 0.3) is 5.69 Å². The minimum absolute atomic E-state index is 0.621. The van der Waals surface area contributed by atoms with Crippen molar-refractivity contribution in [3.8, 4) is 5.69 Å². The minimum atomic E-state index is 0.621. The van der Waals surface area contributed by atoms with Gasteiger partial charge < -0.3 is 5.73 Å². The van der Waals surface area contributed by atoms with Crippen LogP contribution >= 0.6 is 15.9 Å². The zero-order valence-electron chi connectivity index (χ0n) is 7.74. The van der Waals surface area contributed by atoms with Gasteiger partial charge in [-0.1, -0.05) is 12.1 Å². The lowest BCUT2D eigenvalue weighted by Crippen LogP contribution is -2.01. The largest absolute Gasteiger partial charge is 0.383 e. The van der Waals surface area contributed by atoms with Crippen molar-refractivity contribution in [3.63, 3.8) is 0 Å². The van der Waals surface area contributed by atoms with Crippen LogP contribution in [-0.2, 0) is 0 Å². The number of hydrogen-bond acceptors (Lipinski definition) is 2.